The molecule has 0 amide bonds. The zero-order valence-electron chi connectivity index (χ0n) is 13.8. The molecule has 2 aromatic heterocycles. The topological polar surface area (TPSA) is 92.8 Å². The highest BCUT2D eigenvalue weighted by atomic mass is 16.5. The molecule has 0 aliphatic carbocycles. The summed E-state index contributed by atoms with van der Waals surface area (Å²) in [6.45, 7) is 7.39. The molecule has 7 heteroatoms. The summed E-state index contributed by atoms with van der Waals surface area (Å²) in [6.07, 6.45) is 9.07. The lowest BCUT2D eigenvalue weighted by molar-refractivity contribution is 0.445. The van der Waals surface area contributed by atoms with Crippen LogP contribution in [0, 0.1) is 0 Å². The van der Waals surface area contributed by atoms with Gasteiger partial charge in [0.05, 0.1) is 5.70 Å². The Kier molecular flexibility index (Phi) is 4.80. The summed E-state index contributed by atoms with van der Waals surface area (Å²) in [5.41, 5.74) is 0.158. The van der Waals surface area contributed by atoms with Crippen molar-refractivity contribution in [1.29, 1.82) is 0 Å². The molecule has 0 atom stereocenters. The molecule has 26 heavy (non-hydrogen) atoms. The van der Waals surface area contributed by atoms with Crippen LogP contribution in [0.2, 0.25) is 0 Å². The van der Waals surface area contributed by atoms with Gasteiger partial charge < -0.3 is 9.72 Å². The summed E-state index contributed by atoms with van der Waals surface area (Å²) in [5.74, 6) is 1.12. The fraction of sp³-hybridized carbons (Fsp3) is 0. The van der Waals surface area contributed by atoms with Crippen LogP contribution in [0.1, 0.15) is 0 Å². The van der Waals surface area contributed by atoms with Gasteiger partial charge in [-0.25, -0.2) is 4.79 Å². The minimum atomic E-state index is -0.656. The maximum Gasteiger partial charge on any atom is 0.349 e. The van der Waals surface area contributed by atoms with Gasteiger partial charge in [0, 0.05) is 17.1 Å². The first-order valence-corrected chi connectivity index (χ1v) is 7.71. The summed E-state index contributed by atoms with van der Waals surface area (Å²) in [6, 6.07) is 7.60. The number of allylic oxidation sites excluding steroid dienone is 5. The average molecular weight is 348 g/mol. The number of nitrogens with zero attached hydrogens (tertiary/aromatic N) is 2. The van der Waals surface area contributed by atoms with Crippen molar-refractivity contribution in [2.45, 2.75) is 0 Å². The third-order valence-corrected chi connectivity index (χ3v) is 3.55. The Morgan fingerprint density at radius 3 is 2.73 bits per heavy atom. The zero-order valence-corrected chi connectivity index (χ0v) is 13.8. The normalized spacial score (nSPS) is 12.2. The largest absolute Gasteiger partial charge is 0.457 e. The number of fused-ring (bicyclic) bond motifs is 1. The molecule has 0 bridgehead atoms. The molecule has 130 valence electrons. The highest BCUT2D eigenvalue weighted by molar-refractivity contribution is 5.80. The fourth-order valence-corrected chi connectivity index (χ4v) is 2.30. The van der Waals surface area contributed by atoms with Gasteiger partial charge in [-0.15, -0.1) is 0 Å². The van der Waals surface area contributed by atoms with E-state index in [0.29, 0.717) is 17.2 Å². The number of benzene rings is 1. The predicted molar refractivity (Wildman–Crippen MR) is 101 cm³/mol. The first-order valence-electron chi connectivity index (χ1n) is 7.71. The second-order valence-electron chi connectivity index (χ2n) is 5.25. The minimum absolute atomic E-state index is 0.371. The van der Waals surface area contributed by atoms with Crippen LogP contribution in [0.3, 0.4) is 0 Å². The monoisotopic (exact) mass is 348 g/mol. The van der Waals surface area contributed by atoms with E-state index in [1.807, 2.05) is 30.5 Å². The fourth-order valence-electron chi connectivity index (χ4n) is 2.30. The third-order valence-electron chi connectivity index (χ3n) is 3.55. The maximum absolute atomic E-state index is 11.8. The molecule has 0 spiro atoms. The number of rotatable bonds is 6. The summed E-state index contributed by atoms with van der Waals surface area (Å²) < 4.78 is 6.83. The molecule has 2 N–H and O–H groups in total. The van der Waals surface area contributed by atoms with Crippen LogP contribution < -0.4 is 16.0 Å². The maximum atomic E-state index is 11.8. The summed E-state index contributed by atoms with van der Waals surface area (Å²) in [7, 11) is 0. The van der Waals surface area contributed by atoms with Crippen molar-refractivity contribution >= 4 is 16.6 Å². The summed E-state index contributed by atoms with van der Waals surface area (Å²) in [4.78, 5) is 28.2. The van der Waals surface area contributed by atoms with Crippen molar-refractivity contribution in [2.24, 2.45) is 0 Å². The average Bonchev–Trinajstić information content (AvgIpc) is 3.10. The lowest BCUT2D eigenvalue weighted by Crippen LogP contribution is -2.30. The van der Waals surface area contributed by atoms with E-state index in [9.17, 15) is 9.59 Å². The van der Waals surface area contributed by atoms with Gasteiger partial charge in [-0.1, -0.05) is 13.2 Å². The van der Waals surface area contributed by atoms with E-state index in [0.717, 1.165) is 21.8 Å². The summed E-state index contributed by atoms with van der Waals surface area (Å²) in [5, 5.41) is 4.81. The van der Waals surface area contributed by atoms with Crippen molar-refractivity contribution in [2.75, 3.05) is 0 Å². The number of hydrogen-bond acceptors (Lipinski definition) is 4. The SMILES string of the molecule is C=C/C(=C\C=C(/C=C)n1ncc(=O)[nH]c1=O)Oc1ccc2[nH]ccc2c1. The standard InChI is InChI=1S/C19H16N4O3/c1-3-14(23-19(25)22-18(24)12-21-23)5-6-15(4-2)26-16-7-8-17-13(11-16)9-10-20-17/h3-12,20H,1-2H2,(H,22,24,25)/b14-5+,15-6+. The molecule has 1 aromatic carbocycles. The molecule has 0 aliphatic heterocycles. The summed E-state index contributed by atoms with van der Waals surface area (Å²) >= 11 is 0. The molecule has 3 aromatic rings. The quantitative estimate of drug-likeness (QED) is 0.529. The van der Waals surface area contributed by atoms with E-state index < -0.39 is 11.2 Å². The van der Waals surface area contributed by atoms with Gasteiger partial charge in [0.15, 0.2) is 0 Å². The number of hydrogen-bond donors (Lipinski definition) is 2. The van der Waals surface area contributed by atoms with Gasteiger partial charge in [0.2, 0.25) is 0 Å². The van der Waals surface area contributed by atoms with Gasteiger partial charge in [-0.05, 0) is 48.6 Å². The number of aromatic amines is 2. The van der Waals surface area contributed by atoms with Crippen molar-refractivity contribution in [3.8, 4) is 5.75 Å². The van der Waals surface area contributed by atoms with Crippen molar-refractivity contribution in [3.05, 3.63) is 101 Å². The van der Waals surface area contributed by atoms with E-state index in [2.05, 4.69) is 28.2 Å². The highest BCUT2D eigenvalue weighted by Crippen LogP contribution is 2.21. The van der Waals surface area contributed by atoms with E-state index in [-0.39, 0.29) is 0 Å². The van der Waals surface area contributed by atoms with Gasteiger partial charge in [-0.3, -0.25) is 9.78 Å². The second kappa shape index (κ2) is 7.35. The molecule has 2 heterocycles. The molecule has 0 saturated heterocycles. The Hall–Kier alpha value is -3.87. The van der Waals surface area contributed by atoms with E-state index in [1.54, 1.807) is 18.2 Å². The lowest BCUT2D eigenvalue weighted by Gasteiger charge is -2.07. The predicted octanol–water partition coefficient (Wildman–Crippen LogP) is 2.59. The molecule has 3 rings (SSSR count). The molecule has 0 aliphatic rings. The van der Waals surface area contributed by atoms with Crippen molar-refractivity contribution < 1.29 is 4.74 Å². The van der Waals surface area contributed by atoms with Crippen molar-refractivity contribution in [3.63, 3.8) is 0 Å². The molecular weight excluding hydrogens is 332 g/mol. The van der Waals surface area contributed by atoms with Gasteiger partial charge in [0.25, 0.3) is 5.56 Å². The molecule has 0 unspecified atom stereocenters. The highest BCUT2D eigenvalue weighted by Gasteiger charge is 2.03. The lowest BCUT2D eigenvalue weighted by atomic mass is 10.2. The van der Waals surface area contributed by atoms with Crippen LogP contribution >= 0.6 is 0 Å². The van der Waals surface area contributed by atoms with Crippen LogP contribution in [0.25, 0.3) is 16.6 Å². The zero-order chi connectivity index (χ0) is 18.5. The number of H-pyrrole nitrogens is 2. The first-order chi connectivity index (χ1) is 12.6. The van der Waals surface area contributed by atoms with Gasteiger partial charge in [0.1, 0.15) is 17.7 Å². The Balaban J connectivity index is 1.90. The van der Waals surface area contributed by atoms with Crippen LogP contribution in [-0.4, -0.2) is 19.7 Å². The Labute approximate surface area is 148 Å². The van der Waals surface area contributed by atoms with Gasteiger partial charge >= 0.3 is 5.69 Å². The number of nitrogens with one attached hydrogen (secondary N) is 2. The molecule has 7 nitrogen and oxygen atoms in total. The Morgan fingerprint density at radius 2 is 2.00 bits per heavy atom. The molecule has 0 fully saturated rings. The Morgan fingerprint density at radius 1 is 1.15 bits per heavy atom. The van der Waals surface area contributed by atoms with Crippen LogP contribution in [0.4, 0.5) is 0 Å². The van der Waals surface area contributed by atoms with Crippen LogP contribution in [-0.2, 0) is 0 Å². The smallest absolute Gasteiger partial charge is 0.349 e. The number of aromatic nitrogens is 4. The van der Waals surface area contributed by atoms with E-state index in [1.165, 1.54) is 6.08 Å². The number of ether oxygens (including phenoxy) is 1. The van der Waals surface area contributed by atoms with Crippen LogP contribution in [0.15, 0.2) is 89.5 Å². The molecular formula is C19H16N4O3. The van der Waals surface area contributed by atoms with Crippen LogP contribution in [0.5, 0.6) is 5.75 Å². The minimum Gasteiger partial charge on any atom is -0.457 e. The van der Waals surface area contributed by atoms with E-state index in [4.69, 9.17) is 4.74 Å². The van der Waals surface area contributed by atoms with E-state index >= 15 is 0 Å². The third kappa shape index (κ3) is 3.62. The Bertz CT molecular complexity index is 1150. The van der Waals surface area contributed by atoms with Gasteiger partial charge in [-0.2, -0.15) is 9.78 Å². The molecule has 0 saturated carbocycles. The first kappa shape index (κ1) is 17.0. The second-order valence-corrected chi connectivity index (χ2v) is 5.25. The van der Waals surface area contributed by atoms with Crippen molar-refractivity contribution in [1.82, 2.24) is 19.7 Å². The molecule has 0 radical (unpaired) electrons.